The lowest BCUT2D eigenvalue weighted by atomic mass is 10.1. The molecule has 9 heteroatoms. The molecule has 1 aromatic carbocycles. The second-order valence-electron chi connectivity index (χ2n) is 3.12. The van der Waals surface area contributed by atoms with E-state index in [0.29, 0.717) is 24.3 Å². The highest BCUT2D eigenvalue weighted by Crippen LogP contribution is 2.35. The van der Waals surface area contributed by atoms with Crippen molar-refractivity contribution in [3.05, 3.63) is 39.7 Å². The Labute approximate surface area is 103 Å². The van der Waals surface area contributed by atoms with E-state index in [1.165, 1.54) is 0 Å². The highest BCUT2D eigenvalue weighted by atomic mass is 19.3. The smallest absolute Gasteiger partial charge is 0.387 e. The summed E-state index contributed by atoms with van der Waals surface area (Å²) in [5.41, 5.74) is -1.64. The Balaban J connectivity index is 3.43. The summed E-state index contributed by atoms with van der Waals surface area (Å²) in [6, 6.07) is 1.29. The van der Waals surface area contributed by atoms with E-state index in [0.717, 1.165) is 0 Å². The molecule has 0 unspecified atom stereocenters. The SMILES string of the molecule is O=C(O)/C=C/c1c(F)ccc([N+](=O)[O-])c1OC(F)F. The van der Waals surface area contributed by atoms with Crippen LogP contribution in [0.4, 0.5) is 18.9 Å². The number of carboxylic acids is 1. The number of ether oxygens (including phenoxy) is 1. The summed E-state index contributed by atoms with van der Waals surface area (Å²) in [5.74, 6) is -3.63. The lowest BCUT2D eigenvalue weighted by Crippen LogP contribution is -2.07. The predicted molar refractivity (Wildman–Crippen MR) is 56.4 cm³/mol. The molecule has 0 bridgehead atoms. The number of benzene rings is 1. The summed E-state index contributed by atoms with van der Waals surface area (Å²) in [6.07, 6.45) is 1.04. The van der Waals surface area contributed by atoms with E-state index in [-0.39, 0.29) is 0 Å². The fourth-order valence-corrected chi connectivity index (χ4v) is 1.23. The van der Waals surface area contributed by atoms with Crippen LogP contribution in [-0.4, -0.2) is 22.6 Å². The minimum absolute atomic E-state index is 0.445. The molecule has 102 valence electrons. The standard InChI is InChI=1S/C10H6F3NO5/c11-6-2-3-7(14(17)18)9(19-10(12)13)5(6)1-4-8(15)16/h1-4,10H,(H,15,16)/b4-1+. The maximum atomic E-state index is 13.4. The third-order valence-corrected chi connectivity index (χ3v) is 1.92. The highest BCUT2D eigenvalue weighted by molar-refractivity contribution is 5.86. The first-order chi connectivity index (χ1) is 8.82. The van der Waals surface area contributed by atoms with Crippen molar-refractivity contribution >= 4 is 17.7 Å². The van der Waals surface area contributed by atoms with E-state index < -0.39 is 40.3 Å². The predicted octanol–water partition coefficient (Wildman–Crippen LogP) is 2.43. The second kappa shape index (κ2) is 5.85. The summed E-state index contributed by atoms with van der Waals surface area (Å²) in [5, 5.41) is 19.0. The van der Waals surface area contributed by atoms with Gasteiger partial charge in [-0.2, -0.15) is 8.78 Å². The zero-order valence-corrected chi connectivity index (χ0v) is 9.05. The van der Waals surface area contributed by atoms with Crippen molar-refractivity contribution in [1.82, 2.24) is 0 Å². The fraction of sp³-hybridized carbons (Fsp3) is 0.100. The quantitative estimate of drug-likeness (QED) is 0.507. The maximum absolute atomic E-state index is 13.4. The van der Waals surface area contributed by atoms with Gasteiger partial charge in [0.05, 0.1) is 10.5 Å². The molecule has 0 atom stereocenters. The van der Waals surface area contributed by atoms with Crippen molar-refractivity contribution in [2.45, 2.75) is 6.61 Å². The number of nitro groups is 1. The van der Waals surface area contributed by atoms with Crippen molar-refractivity contribution < 1.29 is 32.7 Å². The van der Waals surface area contributed by atoms with Crippen LogP contribution in [0.1, 0.15) is 5.56 Å². The Morgan fingerprint density at radius 1 is 1.47 bits per heavy atom. The van der Waals surface area contributed by atoms with Gasteiger partial charge in [-0.05, 0) is 12.1 Å². The van der Waals surface area contributed by atoms with E-state index >= 15 is 0 Å². The van der Waals surface area contributed by atoms with E-state index in [1.807, 2.05) is 0 Å². The van der Waals surface area contributed by atoms with E-state index in [1.54, 1.807) is 0 Å². The van der Waals surface area contributed by atoms with Gasteiger partial charge in [-0.3, -0.25) is 10.1 Å². The number of carboxylic acid groups (broad SMARTS) is 1. The Hall–Kier alpha value is -2.58. The Morgan fingerprint density at radius 2 is 2.11 bits per heavy atom. The van der Waals surface area contributed by atoms with Crippen molar-refractivity contribution in [3.63, 3.8) is 0 Å². The van der Waals surface area contributed by atoms with Crippen LogP contribution in [0.2, 0.25) is 0 Å². The Bertz CT molecular complexity index is 544. The molecule has 1 N–H and O–H groups in total. The minimum atomic E-state index is -3.42. The number of halogens is 3. The van der Waals surface area contributed by atoms with Gasteiger partial charge >= 0.3 is 18.3 Å². The molecule has 0 fully saturated rings. The summed E-state index contributed by atoms with van der Waals surface area (Å²) in [4.78, 5) is 19.9. The molecule has 0 heterocycles. The number of nitro benzene ring substituents is 1. The summed E-state index contributed by atoms with van der Waals surface area (Å²) in [6.45, 7) is -3.42. The molecule has 0 aliphatic heterocycles. The third-order valence-electron chi connectivity index (χ3n) is 1.92. The van der Waals surface area contributed by atoms with Gasteiger partial charge in [-0.25, -0.2) is 9.18 Å². The largest absolute Gasteiger partial charge is 0.478 e. The van der Waals surface area contributed by atoms with Gasteiger partial charge in [-0.1, -0.05) is 0 Å². The topological polar surface area (TPSA) is 89.7 Å². The van der Waals surface area contributed by atoms with E-state index in [2.05, 4.69) is 4.74 Å². The fourth-order valence-electron chi connectivity index (χ4n) is 1.23. The van der Waals surface area contributed by atoms with Gasteiger partial charge < -0.3 is 9.84 Å². The van der Waals surface area contributed by atoms with Crippen LogP contribution in [0.3, 0.4) is 0 Å². The molecule has 0 aliphatic carbocycles. The van der Waals surface area contributed by atoms with Crippen LogP contribution in [-0.2, 0) is 4.79 Å². The molecule has 0 aromatic heterocycles. The van der Waals surface area contributed by atoms with Gasteiger partial charge in [0.15, 0.2) is 0 Å². The molecule has 1 aromatic rings. The first kappa shape index (κ1) is 14.5. The number of rotatable bonds is 5. The van der Waals surface area contributed by atoms with Crippen LogP contribution in [0.5, 0.6) is 5.75 Å². The molecule has 0 saturated heterocycles. The average molecular weight is 277 g/mol. The number of aliphatic carboxylic acids is 1. The average Bonchev–Trinajstić information content (AvgIpc) is 2.26. The first-order valence-electron chi connectivity index (χ1n) is 4.65. The number of alkyl halides is 2. The zero-order chi connectivity index (χ0) is 14.6. The monoisotopic (exact) mass is 277 g/mol. The minimum Gasteiger partial charge on any atom is -0.478 e. The second-order valence-corrected chi connectivity index (χ2v) is 3.12. The molecule has 19 heavy (non-hydrogen) atoms. The number of hydrogen-bond donors (Lipinski definition) is 1. The summed E-state index contributed by atoms with van der Waals surface area (Å²) < 4.78 is 41.6. The molecule has 0 aliphatic rings. The molecular formula is C10H6F3NO5. The van der Waals surface area contributed by atoms with Crippen LogP contribution in [0.25, 0.3) is 6.08 Å². The third kappa shape index (κ3) is 3.69. The van der Waals surface area contributed by atoms with Crippen molar-refractivity contribution in [2.75, 3.05) is 0 Å². The van der Waals surface area contributed by atoms with E-state index in [9.17, 15) is 28.1 Å². The number of hydrogen-bond acceptors (Lipinski definition) is 4. The molecule has 0 saturated carbocycles. The van der Waals surface area contributed by atoms with Gasteiger partial charge in [0.1, 0.15) is 5.82 Å². The molecule has 1 rings (SSSR count). The van der Waals surface area contributed by atoms with Gasteiger partial charge in [-0.15, -0.1) is 0 Å². The van der Waals surface area contributed by atoms with Crippen molar-refractivity contribution in [2.24, 2.45) is 0 Å². The highest BCUT2D eigenvalue weighted by Gasteiger charge is 2.24. The number of nitrogens with zero attached hydrogens (tertiary/aromatic N) is 1. The molecular weight excluding hydrogens is 271 g/mol. The Morgan fingerprint density at radius 3 is 2.58 bits per heavy atom. The normalized spacial score (nSPS) is 10.9. The maximum Gasteiger partial charge on any atom is 0.387 e. The zero-order valence-electron chi connectivity index (χ0n) is 9.05. The molecule has 6 nitrogen and oxygen atoms in total. The van der Waals surface area contributed by atoms with Gasteiger partial charge in [0, 0.05) is 12.1 Å². The molecule has 0 radical (unpaired) electrons. The van der Waals surface area contributed by atoms with Gasteiger partial charge in [0.2, 0.25) is 5.75 Å². The van der Waals surface area contributed by atoms with Crippen molar-refractivity contribution in [1.29, 1.82) is 0 Å². The van der Waals surface area contributed by atoms with Gasteiger partial charge in [0.25, 0.3) is 0 Å². The van der Waals surface area contributed by atoms with Crippen LogP contribution in [0.15, 0.2) is 18.2 Å². The lowest BCUT2D eigenvalue weighted by molar-refractivity contribution is -0.386. The van der Waals surface area contributed by atoms with Crippen molar-refractivity contribution in [3.8, 4) is 5.75 Å². The molecule has 0 amide bonds. The lowest BCUT2D eigenvalue weighted by Gasteiger charge is -2.09. The summed E-state index contributed by atoms with van der Waals surface area (Å²) >= 11 is 0. The van der Waals surface area contributed by atoms with E-state index in [4.69, 9.17) is 5.11 Å². The molecule has 0 spiro atoms. The first-order valence-corrected chi connectivity index (χ1v) is 4.65. The van der Waals surface area contributed by atoms with Crippen LogP contribution >= 0.6 is 0 Å². The number of carbonyl (C=O) groups is 1. The summed E-state index contributed by atoms with van der Waals surface area (Å²) in [7, 11) is 0. The van der Waals surface area contributed by atoms with Crippen LogP contribution < -0.4 is 4.74 Å². The Kier molecular flexibility index (Phi) is 4.46. The van der Waals surface area contributed by atoms with Crippen LogP contribution in [0, 0.1) is 15.9 Å².